The molecule has 0 aromatic carbocycles. The lowest BCUT2D eigenvalue weighted by Crippen LogP contribution is -2.29. The topological polar surface area (TPSA) is 87.1 Å². The summed E-state index contributed by atoms with van der Waals surface area (Å²) in [5.74, 6) is 0.149. The summed E-state index contributed by atoms with van der Waals surface area (Å²) < 4.78 is 1.88. The van der Waals surface area contributed by atoms with Gasteiger partial charge in [0.05, 0.1) is 29.7 Å². The van der Waals surface area contributed by atoms with Crippen LogP contribution in [0.5, 0.6) is 0 Å². The summed E-state index contributed by atoms with van der Waals surface area (Å²) >= 11 is 0. The van der Waals surface area contributed by atoms with E-state index in [2.05, 4.69) is 15.3 Å². The van der Waals surface area contributed by atoms with E-state index in [1.807, 2.05) is 15.8 Å². The normalized spacial score (nSPS) is 21.4. The summed E-state index contributed by atoms with van der Waals surface area (Å²) in [7, 11) is 0. The standard InChI is InChI=1S/C15H18N6O2/c22-14-2-1-4-20(14)13-8-18-21(10-13)12-3-5-19(9-12)15(23)11-6-16-17-7-11/h6-8,10,12H,1-5,9H2,(H,16,17). The van der Waals surface area contributed by atoms with E-state index in [0.717, 1.165) is 25.1 Å². The van der Waals surface area contributed by atoms with Crippen LogP contribution in [0.4, 0.5) is 5.69 Å². The third kappa shape index (κ3) is 2.49. The maximum absolute atomic E-state index is 12.3. The second kappa shape index (κ2) is 5.53. The Labute approximate surface area is 133 Å². The molecule has 2 aliphatic rings. The molecule has 1 atom stereocenters. The summed E-state index contributed by atoms with van der Waals surface area (Å²) in [5.41, 5.74) is 1.43. The van der Waals surface area contributed by atoms with Gasteiger partial charge in [-0.05, 0) is 12.8 Å². The molecule has 1 N–H and O–H groups in total. The Hall–Kier alpha value is -2.64. The molecule has 0 radical (unpaired) electrons. The van der Waals surface area contributed by atoms with Gasteiger partial charge >= 0.3 is 0 Å². The number of hydrogen-bond donors (Lipinski definition) is 1. The number of anilines is 1. The monoisotopic (exact) mass is 314 g/mol. The van der Waals surface area contributed by atoms with Crippen molar-refractivity contribution in [2.24, 2.45) is 0 Å². The van der Waals surface area contributed by atoms with Gasteiger partial charge in [0.1, 0.15) is 0 Å². The zero-order chi connectivity index (χ0) is 15.8. The SMILES string of the molecule is O=C(c1cn[nH]c1)N1CCC(n2cc(N3CCCC3=O)cn2)C1. The fourth-order valence-corrected chi connectivity index (χ4v) is 3.28. The minimum absolute atomic E-state index is 0.0108. The molecular formula is C15H18N6O2. The summed E-state index contributed by atoms with van der Waals surface area (Å²) in [6.45, 7) is 2.09. The second-order valence-electron chi connectivity index (χ2n) is 6.01. The third-order valence-corrected chi connectivity index (χ3v) is 4.54. The molecule has 23 heavy (non-hydrogen) atoms. The smallest absolute Gasteiger partial charge is 0.257 e. The minimum Gasteiger partial charge on any atom is -0.336 e. The largest absolute Gasteiger partial charge is 0.336 e. The maximum atomic E-state index is 12.3. The molecule has 4 rings (SSSR count). The van der Waals surface area contributed by atoms with Gasteiger partial charge in [-0.15, -0.1) is 0 Å². The summed E-state index contributed by atoms with van der Waals surface area (Å²) in [6, 6.07) is 0.150. The first-order valence-electron chi connectivity index (χ1n) is 7.85. The van der Waals surface area contributed by atoms with Crippen molar-refractivity contribution in [3.05, 3.63) is 30.4 Å². The number of amides is 2. The third-order valence-electron chi connectivity index (χ3n) is 4.54. The van der Waals surface area contributed by atoms with E-state index in [4.69, 9.17) is 0 Å². The summed E-state index contributed by atoms with van der Waals surface area (Å²) in [5, 5.41) is 10.9. The molecular weight excluding hydrogens is 296 g/mol. The average Bonchev–Trinajstić information content (AvgIpc) is 3.32. The van der Waals surface area contributed by atoms with E-state index in [9.17, 15) is 9.59 Å². The number of hydrogen-bond acceptors (Lipinski definition) is 4. The van der Waals surface area contributed by atoms with Crippen LogP contribution in [0, 0.1) is 0 Å². The molecule has 120 valence electrons. The van der Waals surface area contributed by atoms with Crippen molar-refractivity contribution in [1.82, 2.24) is 24.9 Å². The highest BCUT2D eigenvalue weighted by Gasteiger charge is 2.30. The summed E-state index contributed by atoms with van der Waals surface area (Å²) in [4.78, 5) is 27.7. The van der Waals surface area contributed by atoms with Gasteiger partial charge < -0.3 is 9.80 Å². The van der Waals surface area contributed by atoms with Gasteiger partial charge in [-0.1, -0.05) is 0 Å². The number of aromatic amines is 1. The number of rotatable bonds is 3. The Balaban J connectivity index is 1.45. The lowest BCUT2D eigenvalue weighted by molar-refractivity contribution is -0.117. The Morgan fingerprint density at radius 1 is 1.30 bits per heavy atom. The Morgan fingerprint density at radius 2 is 2.22 bits per heavy atom. The highest BCUT2D eigenvalue weighted by atomic mass is 16.2. The van der Waals surface area contributed by atoms with Crippen molar-refractivity contribution in [2.45, 2.75) is 25.3 Å². The number of carbonyl (C=O) groups excluding carboxylic acids is 2. The molecule has 0 spiro atoms. The first-order valence-corrected chi connectivity index (χ1v) is 7.85. The zero-order valence-electron chi connectivity index (χ0n) is 12.7. The highest BCUT2D eigenvalue weighted by molar-refractivity contribution is 5.95. The number of nitrogens with zero attached hydrogens (tertiary/aromatic N) is 5. The van der Waals surface area contributed by atoms with Crippen LogP contribution >= 0.6 is 0 Å². The summed E-state index contributed by atoms with van der Waals surface area (Å²) in [6.07, 6.45) is 9.19. The number of likely N-dealkylation sites (tertiary alicyclic amines) is 1. The van der Waals surface area contributed by atoms with Gasteiger partial charge in [0, 0.05) is 38.4 Å². The van der Waals surface area contributed by atoms with E-state index >= 15 is 0 Å². The van der Waals surface area contributed by atoms with Crippen LogP contribution in [-0.2, 0) is 4.79 Å². The molecule has 2 aromatic rings. The number of H-pyrrole nitrogens is 1. The van der Waals surface area contributed by atoms with Crippen LogP contribution in [0.25, 0.3) is 0 Å². The van der Waals surface area contributed by atoms with Crippen LogP contribution in [0.15, 0.2) is 24.8 Å². The van der Waals surface area contributed by atoms with Crippen molar-refractivity contribution < 1.29 is 9.59 Å². The molecule has 0 aliphatic carbocycles. The van der Waals surface area contributed by atoms with Crippen molar-refractivity contribution in [3.8, 4) is 0 Å². The van der Waals surface area contributed by atoms with Gasteiger partial charge in [0.15, 0.2) is 0 Å². The zero-order valence-corrected chi connectivity index (χ0v) is 12.7. The molecule has 1 unspecified atom stereocenters. The average molecular weight is 314 g/mol. The Morgan fingerprint density at radius 3 is 2.96 bits per heavy atom. The quantitative estimate of drug-likeness (QED) is 0.908. The van der Waals surface area contributed by atoms with Gasteiger partial charge in [-0.3, -0.25) is 19.4 Å². The van der Waals surface area contributed by atoms with Gasteiger partial charge in [0.25, 0.3) is 5.91 Å². The molecule has 4 heterocycles. The number of aromatic nitrogens is 4. The van der Waals surface area contributed by atoms with E-state index in [1.165, 1.54) is 0 Å². The first-order chi connectivity index (χ1) is 11.2. The molecule has 8 heteroatoms. The first kappa shape index (κ1) is 14.0. The van der Waals surface area contributed by atoms with Crippen LogP contribution in [0.1, 0.15) is 35.7 Å². The predicted octanol–water partition coefficient (Wildman–Crippen LogP) is 0.820. The fourth-order valence-electron chi connectivity index (χ4n) is 3.28. The van der Waals surface area contributed by atoms with E-state index < -0.39 is 0 Å². The van der Waals surface area contributed by atoms with E-state index in [-0.39, 0.29) is 17.9 Å². The van der Waals surface area contributed by atoms with E-state index in [0.29, 0.717) is 25.1 Å². The lowest BCUT2D eigenvalue weighted by atomic mass is 10.3. The van der Waals surface area contributed by atoms with Crippen LogP contribution < -0.4 is 4.90 Å². The van der Waals surface area contributed by atoms with Crippen molar-refractivity contribution in [1.29, 1.82) is 0 Å². The second-order valence-corrected chi connectivity index (χ2v) is 6.01. The molecule has 2 amide bonds. The minimum atomic E-state index is -0.0108. The van der Waals surface area contributed by atoms with Crippen LogP contribution in [-0.4, -0.2) is 56.3 Å². The molecule has 0 bridgehead atoms. The number of carbonyl (C=O) groups is 2. The molecule has 2 aromatic heterocycles. The molecule has 8 nitrogen and oxygen atoms in total. The lowest BCUT2D eigenvalue weighted by Gasteiger charge is -2.16. The highest BCUT2D eigenvalue weighted by Crippen LogP contribution is 2.26. The van der Waals surface area contributed by atoms with Gasteiger partial charge in [0.2, 0.25) is 5.91 Å². The molecule has 0 saturated carbocycles. The fraction of sp³-hybridized carbons (Fsp3) is 0.467. The van der Waals surface area contributed by atoms with E-state index in [1.54, 1.807) is 23.5 Å². The number of nitrogens with one attached hydrogen (secondary N) is 1. The van der Waals surface area contributed by atoms with Gasteiger partial charge in [-0.25, -0.2) is 0 Å². The molecule has 2 saturated heterocycles. The van der Waals surface area contributed by atoms with Crippen molar-refractivity contribution >= 4 is 17.5 Å². The van der Waals surface area contributed by atoms with Crippen molar-refractivity contribution in [3.63, 3.8) is 0 Å². The molecule has 2 fully saturated rings. The maximum Gasteiger partial charge on any atom is 0.257 e. The van der Waals surface area contributed by atoms with Crippen molar-refractivity contribution in [2.75, 3.05) is 24.5 Å². The van der Waals surface area contributed by atoms with Crippen LogP contribution in [0.2, 0.25) is 0 Å². The molecule has 2 aliphatic heterocycles. The Bertz CT molecular complexity index is 722. The predicted molar refractivity (Wildman–Crippen MR) is 82.0 cm³/mol. The van der Waals surface area contributed by atoms with Crippen LogP contribution in [0.3, 0.4) is 0 Å². The Kier molecular flexibility index (Phi) is 3.36. The van der Waals surface area contributed by atoms with Gasteiger partial charge in [-0.2, -0.15) is 10.2 Å².